The molecule has 0 saturated heterocycles. The Morgan fingerprint density at radius 1 is 1.12 bits per heavy atom. The topological polar surface area (TPSA) is 163 Å². The van der Waals surface area contributed by atoms with Crippen molar-refractivity contribution in [1.29, 1.82) is 0 Å². The second-order valence-corrected chi connectivity index (χ2v) is 8.28. The van der Waals surface area contributed by atoms with Gasteiger partial charge in [0.05, 0.1) is 6.04 Å². The fourth-order valence-electron chi connectivity index (χ4n) is 4.36. The van der Waals surface area contributed by atoms with E-state index in [1.165, 1.54) is 0 Å². The van der Waals surface area contributed by atoms with E-state index in [-0.39, 0.29) is 5.91 Å². The predicted molar refractivity (Wildman–Crippen MR) is 112 cm³/mol. The van der Waals surface area contributed by atoms with Crippen molar-refractivity contribution in [1.82, 2.24) is 10.3 Å². The van der Waals surface area contributed by atoms with Crippen LogP contribution in [0.4, 0.5) is 5.69 Å². The highest BCUT2D eigenvalue weighted by Crippen LogP contribution is 2.38. The lowest BCUT2D eigenvalue weighted by Gasteiger charge is -2.33. The summed E-state index contributed by atoms with van der Waals surface area (Å²) in [5, 5.41) is 48.9. The van der Waals surface area contributed by atoms with Crippen LogP contribution >= 0.6 is 0 Å². The van der Waals surface area contributed by atoms with Gasteiger partial charge in [-0.1, -0.05) is 6.07 Å². The maximum atomic E-state index is 12.2. The molecule has 1 aliphatic heterocycles. The first kappa shape index (κ1) is 22.3. The van der Waals surface area contributed by atoms with Gasteiger partial charge in [0, 0.05) is 37.1 Å². The third-order valence-corrected chi connectivity index (χ3v) is 6.21. The fraction of sp³-hybridized carbons (Fsp3) is 0.409. The molecule has 1 aliphatic carbocycles. The van der Waals surface area contributed by atoms with E-state index in [1.54, 1.807) is 24.3 Å². The van der Waals surface area contributed by atoms with Gasteiger partial charge in [-0.3, -0.25) is 14.6 Å². The van der Waals surface area contributed by atoms with E-state index in [9.17, 15) is 19.8 Å². The number of pyridine rings is 1. The highest BCUT2D eigenvalue weighted by Gasteiger charge is 2.53. The lowest BCUT2D eigenvalue weighted by atomic mass is 9.84. The van der Waals surface area contributed by atoms with Crippen LogP contribution in [-0.2, 0) is 22.4 Å². The summed E-state index contributed by atoms with van der Waals surface area (Å²) in [4.78, 5) is 30.1. The molecular formula is C22H25N3O7. The second kappa shape index (κ2) is 7.91. The monoisotopic (exact) mass is 443 g/mol. The van der Waals surface area contributed by atoms with Crippen molar-refractivity contribution >= 4 is 17.5 Å². The molecule has 2 amide bonds. The van der Waals surface area contributed by atoms with Crippen molar-refractivity contribution in [2.75, 3.05) is 11.9 Å². The number of fused-ring (bicyclic) bond motifs is 2. The zero-order valence-corrected chi connectivity index (χ0v) is 17.4. The molecule has 6 N–H and O–H groups in total. The van der Waals surface area contributed by atoms with Gasteiger partial charge in [0.1, 0.15) is 0 Å². The SMILES string of the molecule is CN1C(=O)CCc2cc(-c3cncc4c3CCCC4NC(=O)C(O)(O)C(O)(O)O)ccc21. The molecule has 0 radical (unpaired) electrons. The molecule has 2 aliphatic rings. The number of benzene rings is 1. The van der Waals surface area contributed by atoms with Gasteiger partial charge in [0.25, 0.3) is 5.91 Å². The second-order valence-electron chi connectivity index (χ2n) is 8.28. The molecule has 0 bridgehead atoms. The fourth-order valence-corrected chi connectivity index (χ4v) is 4.36. The highest BCUT2D eigenvalue weighted by molar-refractivity contribution is 5.96. The molecule has 0 saturated carbocycles. The predicted octanol–water partition coefficient (Wildman–Crippen LogP) is -0.537. The first-order chi connectivity index (χ1) is 15.0. The number of amides is 2. The van der Waals surface area contributed by atoms with E-state index in [0.717, 1.165) is 27.9 Å². The Morgan fingerprint density at radius 2 is 1.88 bits per heavy atom. The molecule has 1 unspecified atom stereocenters. The van der Waals surface area contributed by atoms with Gasteiger partial charge >= 0.3 is 11.8 Å². The maximum absolute atomic E-state index is 12.2. The first-order valence-electron chi connectivity index (χ1n) is 10.3. The van der Waals surface area contributed by atoms with Crippen molar-refractivity contribution in [2.45, 2.75) is 49.9 Å². The number of aryl methyl sites for hydroxylation is 1. The Hall–Kier alpha value is -2.89. The number of rotatable bonds is 4. The molecule has 170 valence electrons. The van der Waals surface area contributed by atoms with Crippen LogP contribution in [0.5, 0.6) is 0 Å². The number of aliphatic hydroxyl groups is 5. The van der Waals surface area contributed by atoms with E-state index in [4.69, 9.17) is 15.3 Å². The van der Waals surface area contributed by atoms with Gasteiger partial charge < -0.3 is 35.7 Å². The molecule has 0 spiro atoms. The number of aromatic nitrogens is 1. The largest absolute Gasteiger partial charge is 0.352 e. The van der Waals surface area contributed by atoms with Crippen LogP contribution < -0.4 is 10.2 Å². The minimum absolute atomic E-state index is 0.0732. The highest BCUT2D eigenvalue weighted by atomic mass is 16.7. The van der Waals surface area contributed by atoms with Crippen molar-refractivity contribution < 1.29 is 35.1 Å². The summed E-state index contributed by atoms with van der Waals surface area (Å²) in [6.45, 7) is 0. The zero-order chi connectivity index (χ0) is 23.3. The lowest BCUT2D eigenvalue weighted by Crippen LogP contribution is -2.63. The Bertz CT molecular complexity index is 1080. The molecule has 1 aromatic heterocycles. The van der Waals surface area contributed by atoms with E-state index in [0.29, 0.717) is 37.7 Å². The van der Waals surface area contributed by atoms with Gasteiger partial charge in [-0.2, -0.15) is 0 Å². The summed E-state index contributed by atoms with van der Waals surface area (Å²) in [6, 6.07) is 5.18. The number of nitrogens with zero attached hydrogens (tertiary/aromatic N) is 2. The van der Waals surface area contributed by atoms with Gasteiger partial charge in [0.2, 0.25) is 5.91 Å². The standard InChI is InChI=1S/C22H25N3O7/c1-25-18-7-5-12(9-13(18)6-8-19(25)26)15-10-23-11-16-14(15)3-2-4-17(16)24-20(27)21(28,29)22(30,31)32/h5,7,9-11,17,28-32H,2-4,6,8H2,1H3,(H,24,27). The van der Waals surface area contributed by atoms with E-state index in [2.05, 4.69) is 10.3 Å². The zero-order valence-electron chi connectivity index (χ0n) is 17.4. The molecule has 2 heterocycles. The minimum atomic E-state index is -4.02. The number of anilines is 1. The molecule has 4 rings (SSSR count). The average Bonchev–Trinajstić information content (AvgIpc) is 2.75. The van der Waals surface area contributed by atoms with Crippen molar-refractivity contribution in [3.63, 3.8) is 0 Å². The smallest absolute Gasteiger partial charge is 0.342 e. The lowest BCUT2D eigenvalue weighted by molar-refractivity contribution is -0.428. The van der Waals surface area contributed by atoms with Crippen LogP contribution in [0.15, 0.2) is 30.6 Å². The summed E-state index contributed by atoms with van der Waals surface area (Å²) in [6.07, 6.45) is 6.25. The van der Waals surface area contributed by atoms with Crippen LogP contribution in [-0.4, -0.2) is 61.1 Å². The molecule has 0 fully saturated rings. The van der Waals surface area contributed by atoms with Gasteiger partial charge in [0.15, 0.2) is 0 Å². The summed E-state index contributed by atoms with van der Waals surface area (Å²) in [7, 11) is 1.75. The Labute approximate surface area is 183 Å². The van der Waals surface area contributed by atoms with Gasteiger partial charge in [-0.15, -0.1) is 0 Å². The molecule has 10 heteroatoms. The molecule has 10 nitrogen and oxygen atoms in total. The number of hydrogen-bond donors (Lipinski definition) is 6. The van der Waals surface area contributed by atoms with Crippen LogP contribution in [0, 0.1) is 0 Å². The molecular weight excluding hydrogens is 418 g/mol. The van der Waals surface area contributed by atoms with E-state index in [1.807, 2.05) is 18.2 Å². The van der Waals surface area contributed by atoms with Crippen LogP contribution in [0.3, 0.4) is 0 Å². The van der Waals surface area contributed by atoms with Crippen LogP contribution in [0.1, 0.15) is 42.0 Å². The molecule has 2 aromatic rings. The average molecular weight is 443 g/mol. The Balaban J connectivity index is 1.67. The van der Waals surface area contributed by atoms with Crippen molar-refractivity contribution in [3.8, 4) is 11.1 Å². The summed E-state index contributed by atoms with van der Waals surface area (Å²) in [5.41, 5.74) is 5.31. The Kier molecular flexibility index (Phi) is 5.51. The van der Waals surface area contributed by atoms with Crippen molar-refractivity contribution in [3.05, 3.63) is 47.3 Å². The summed E-state index contributed by atoms with van der Waals surface area (Å²) in [5.74, 6) is -9.30. The maximum Gasteiger partial charge on any atom is 0.342 e. The first-order valence-corrected chi connectivity index (χ1v) is 10.3. The van der Waals surface area contributed by atoms with E-state index >= 15 is 0 Å². The molecule has 1 aromatic carbocycles. The Morgan fingerprint density at radius 3 is 2.59 bits per heavy atom. The van der Waals surface area contributed by atoms with Crippen LogP contribution in [0.25, 0.3) is 11.1 Å². The quantitative estimate of drug-likeness (QED) is 0.343. The van der Waals surface area contributed by atoms with E-state index < -0.39 is 23.7 Å². The number of carbonyl (C=O) groups excluding carboxylic acids is 2. The van der Waals surface area contributed by atoms with Crippen molar-refractivity contribution in [2.24, 2.45) is 0 Å². The number of carbonyl (C=O) groups is 2. The van der Waals surface area contributed by atoms with Gasteiger partial charge in [-0.05, 0) is 60.1 Å². The number of hydrogen-bond acceptors (Lipinski definition) is 8. The summed E-state index contributed by atoms with van der Waals surface area (Å²) < 4.78 is 0. The van der Waals surface area contributed by atoms with Crippen LogP contribution in [0.2, 0.25) is 0 Å². The summed E-state index contributed by atoms with van der Waals surface area (Å²) >= 11 is 0. The minimum Gasteiger partial charge on any atom is -0.352 e. The molecule has 32 heavy (non-hydrogen) atoms. The molecule has 1 atom stereocenters. The number of nitrogens with one attached hydrogen (secondary N) is 1. The third kappa shape index (κ3) is 3.76. The third-order valence-electron chi connectivity index (χ3n) is 6.21. The normalized spacial score (nSPS) is 18.8. The van der Waals surface area contributed by atoms with Gasteiger partial charge in [-0.25, -0.2) is 0 Å².